The number of pyridine rings is 1. The van der Waals surface area contributed by atoms with Crippen molar-refractivity contribution in [3.05, 3.63) is 182 Å². The molecule has 3 nitrogen and oxygen atoms in total. The van der Waals surface area contributed by atoms with Crippen LogP contribution in [0.15, 0.2) is 186 Å². The Morgan fingerprint density at radius 1 is 0.385 bits per heavy atom. The molecule has 0 aliphatic carbocycles. The molecule has 11 rings (SSSR count). The van der Waals surface area contributed by atoms with Crippen LogP contribution in [0.2, 0.25) is 0 Å². The van der Waals surface area contributed by atoms with E-state index in [9.17, 15) is 0 Å². The Morgan fingerprint density at radius 3 is 1.77 bits per heavy atom. The van der Waals surface area contributed by atoms with E-state index in [-0.39, 0.29) is 0 Å². The van der Waals surface area contributed by atoms with Crippen molar-refractivity contribution in [3.63, 3.8) is 0 Å². The number of nitrogens with zero attached hydrogens (tertiary/aromatic N) is 2. The third kappa shape index (κ3) is 4.30. The van der Waals surface area contributed by atoms with Crippen molar-refractivity contribution in [2.75, 3.05) is 0 Å². The lowest BCUT2D eigenvalue weighted by Crippen LogP contribution is -1.94. The number of hydrogen-bond acceptors (Lipinski definition) is 2. The van der Waals surface area contributed by atoms with E-state index in [1.165, 1.54) is 32.8 Å². The zero-order valence-electron chi connectivity index (χ0n) is 28.1. The Hall–Kier alpha value is -6.97. The molecule has 242 valence electrons. The first-order valence-corrected chi connectivity index (χ1v) is 17.7. The highest BCUT2D eigenvalue weighted by atomic mass is 16.3. The van der Waals surface area contributed by atoms with Crippen LogP contribution in [0.3, 0.4) is 0 Å². The fourth-order valence-electron chi connectivity index (χ4n) is 8.28. The average molecular weight is 663 g/mol. The van der Waals surface area contributed by atoms with Crippen LogP contribution in [0.25, 0.3) is 105 Å². The standard InChI is InChI=1S/C49H30N2O/c1-2-13-32(14-3-1)46-47-38-19-4-8-21-41(38)50-49(40(47)30-45-48(46)39-20-7-11-24-44(39)52-45)33-27-25-31(26-28-33)34-15-12-16-35(29-34)51-42-22-9-5-17-36(42)37-18-6-10-23-43(37)51/h1-30H. The smallest absolute Gasteiger partial charge is 0.136 e. The van der Waals surface area contributed by atoms with Gasteiger partial charge in [-0.15, -0.1) is 0 Å². The van der Waals surface area contributed by atoms with E-state index in [4.69, 9.17) is 9.40 Å². The van der Waals surface area contributed by atoms with Crippen LogP contribution >= 0.6 is 0 Å². The normalized spacial score (nSPS) is 11.8. The van der Waals surface area contributed by atoms with Gasteiger partial charge in [0.2, 0.25) is 0 Å². The topological polar surface area (TPSA) is 31.0 Å². The van der Waals surface area contributed by atoms with Gasteiger partial charge >= 0.3 is 0 Å². The minimum atomic E-state index is 0.865. The van der Waals surface area contributed by atoms with E-state index >= 15 is 0 Å². The number of benzene rings is 8. The first kappa shape index (κ1) is 28.8. The van der Waals surface area contributed by atoms with Gasteiger partial charge in [0.15, 0.2) is 0 Å². The zero-order chi connectivity index (χ0) is 34.2. The van der Waals surface area contributed by atoms with Crippen LogP contribution in [0.4, 0.5) is 0 Å². The van der Waals surface area contributed by atoms with Crippen molar-refractivity contribution in [3.8, 4) is 39.2 Å². The number of aromatic nitrogens is 2. The van der Waals surface area contributed by atoms with Gasteiger partial charge < -0.3 is 8.98 Å². The second kappa shape index (κ2) is 11.3. The Balaban J connectivity index is 1.11. The van der Waals surface area contributed by atoms with E-state index in [1.807, 2.05) is 6.07 Å². The molecule has 0 atom stereocenters. The summed E-state index contributed by atoms with van der Waals surface area (Å²) in [6, 6.07) is 64.8. The zero-order valence-corrected chi connectivity index (χ0v) is 28.1. The number of rotatable bonds is 4. The van der Waals surface area contributed by atoms with Gasteiger partial charge in [-0.25, -0.2) is 4.98 Å². The molecule has 0 fully saturated rings. The summed E-state index contributed by atoms with van der Waals surface area (Å²) in [6.45, 7) is 0. The largest absolute Gasteiger partial charge is 0.456 e. The van der Waals surface area contributed by atoms with Crippen molar-refractivity contribution in [1.82, 2.24) is 9.55 Å². The minimum Gasteiger partial charge on any atom is -0.456 e. The van der Waals surface area contributed by atoms with Crippen molar-refractivity contribution in [2.24, 2.45) is 0 Å². The number of hydrogen-bond donors (Lipinski definition) is 0. The third-order valence-electron chi connectivity index (χ3n) is 10.6. The van der Waals surface area contributed by atoms with Crippen molar-refractivity contribution < 1.29 is 4.42 Å². The molecule has 0 spiro atoms. The Morgan fingerprint density at radius 2 is 1.00 bits per heavy atom. The predicted octanol–water partition coefficient (Wildman–Crippen LogP) is 13.4. The molecule has 3 heteroatoms. The van der Waals surface area contributed by atoms with Crippen molar-refractivity contribution in [2.45, 2.75) is 0 Å². The van der Waals surface area contributed by atoms with Crippen LogP contribution < -0.4 is 0 Å². The first-order chi connectivity index (χ1) is 25.8. The molecular formula is C49H30N2O. The fourth-order valence-corrected chi connectivity index (χ4v) is 8.28. The second-order valence-electron chi connectivity index (χ2n) is 13.5. The molecule has 3 heterocycles. The molecular weight excluding hydrogens is 633 g/mol. The lowest BCUT2D eigenvalue weighted by Gasteiger charge is -2.16. The minimum absolute atomic E-state index is 0.865. The van der Waals surface area contributed by atoms with E-state index in [0.717, 1.165) is 71.9 Å². The molecule has 8 aromatic carbocycles. The molecule has 11 aromatic rings. The summed E-state index contributed by atoms with van der Waals surface area (Å²) in [4.78, 5) is 5.33. The van der Waals surface area contributed by atoms with Crippen LogP contribution in [-0.2, 0) is 0 Å². The SMILES string of the molecule is c1ccc(-c2c3c(cc4c(-c5ccc(-c6cccc(-n7c8ccccc8c8ccccc87)c6)cc5)nc5ccccc5c24)oc2ccccc23)cc1. The summed E-state index contributed by atoms with van der Waals surface area (Å²) < 4.78 is 8.94. The Bertz CT molecular complexity index is 3120. The van der Waals surface area contributed by atoms with E-state index in [0.29, 0.717) is 0 Å². The van der Waals surface area contributed by atoms with Crippen molar-refractivity contribution in [1.29, 1.82) is 0 Å². The van der Waals surface area contributed by atoms with Crippen LogP contribution in [0.1, 0.15) is 0 Å². The molecule has 0 amide bonds. The molecule has 0 saturated carbocycles. The quantitative estimate of drug-likeness (QED) is 0.176. The first-order valence-electron chi connectivity index (χ1n) is 17.7. The molecule has 52 heavy (non-hydrogen) atoms. The maximum Gasteiger partial charge on any atom is 0.136 e. The Labute approximate surface area is 299 Å². The maximum atomic E-state index is 6.57. The molecule has 0 unspecified atom stereocenters. The number of para-hydroxylation sites is 4. The van der Waals surface area contributed by atoms with Crippen LogP contribution in [0, 0.1) is 0 Å². The third-order valence-corrected chi connectivity index (χ3v) is 10.6. The average Bonchev–Trinajstić information content (AvgIpc) is 3.76. The van der Waals surface area contributed by atoms with E-state index in [2.05, 4.69) is 180 Å². The van der Waals surface area contributed by atoms with Gasteiger partial charge in [0, 0.05) is 54.5 Å². The molecule has 0 radical (unpaired) electrons. The molecule has 0 N–H and O–H groups in total. The van der Waals surface area contributed by atoms with Gasteiger partial charge in [-0.1, -0.05) is 140 Å². The number of furan rings is 1. The molecule has 0 aliphatic rings. The van der Waals surface area contributed by atoms with Gasteiger partial charge in [-0.3, -0.25) is 0 Å². The summed E-state index contributed by atoms with van der Waals surface area (Å²) in [5.74, 6) is 0. The predicted molar refractivity (Wildman–Crippen MR) is 217 cm³/mol. The van der Waals surface area contributed by atoms with Gasteiger partial charge in [-0.05, 0) is 59.2 Å². The molecule has 0 bridgehead atoms. The maximum absolute atomic E-state index is 6.57. The van der Waals surface area contributed by atoms with Gasteiger partial charge in [-0.2, -0.15) is 0 Å². The van der Waals surface area contributed by atoms with Gasteiger partial charge in [0.1, 0.15) is 11.2 Å². The monoisotopic (exact) mass is 662 g/mol. The molecule has 3 aromatic heterocycles. The molecule has 0 aliphatic heterocycles. The summed E-state index contributed by atoms with van der Waals surface area (Å²) >= 11 is 0. The fraction of sp³-hybridized carbons (Fsp3) is 0. The summed E-state index contributed by atoms with van der Waals surface area (Å²) in [6.07, 6.45) is 0. The van der Waals surface area contributed by atoms with Crippen LogP contribution in [0.5, 0.6) is 0 Å². The van der Waals surface area contributed by atoms with Crippen molar-refractivity contribution >= 4 is 65.4 Å². The lowest BCUT2D eigenvalue weighted by molar-refractivity contribution is 0.669. The Kier molecular flexibility index (Phi) is 6.25. The lowest BCUT2D eigenvalue weighted by atomic mass is 9.89. The highest BCUT2D eigenvalue weighted by Crippen LogP contribution is 2.46. The van der Waals surface area contributed by atoms with Gasteiger partial charge in [0.25, 0.3) is 0 Å². The molecule has 0 saturated heterocycles. The summed E-state index contributed by atoms with van der Waals surface area (Å²) in [7, 11) is 0. The second-order valence-corrected chi connectivity index (χ2v) is 13.5. The summed E-state index contributed by atoms with van der Waals surface area (Å²) in [5.41, 5.74) is 12.9. The van der Waals surface area contributed by atoms with Crippen LogP contribution in [-0.4, -0.2) is 9.55 Å². The van der Waals surface area contributed by atoms with E-state index in [1.54, 1.807) is 0 Å². The number of fused-ring (bicyclic) bond motifs is 9. The highest BCUT2D eigenvalue weighted by Gasteiger charge is 2.21. The van der Waals surface area contributed by atoms with Gasteiger partial charge in [0.05, 0.1) is 22.2 Å². The van der Waals surface area contributed by atoms with E-state index < -0.39 is 0 Å². The highest BCUT2D eigenvalue weighted by molar-refractivity contribution is 6.27. The summed E-state index contributed by atoms with van der Waals surface area (Å²) in [5, 5.41) is 8.17.